The third-order valence-corrected chi connectivity index (χ3v) is 6.69. The summed E-state index contributed by atoms with van der Waals surface area (Å²) in [7, 11) is 1.74. The van der Waals surface area contributed by atoms with Crippen molar-refractivity contribution < 1.29 is 14.3 Å². The molecule has 0 saturated carbocycles. The van der Waals surface area contributed by atoms with Crippen molar-refractivity contribution in [2.45, 2.75) is 19.3 Å². The Bertz CT molecular complexity index is 1210. The third kappa shape index (κ3) is 4.60. The number of carbonyl (C=O) groups is 2. The normalized spacial score (nSPS) is 17.4. The van der Waals surface area contributed by atoms with Crippen molar-refractivity contribution in [3.63, 3.8) is 0 Å². The van der Waals surface area contributed by atoms with Gasteiger partial charge in [-0.2, -0.15) is 0 Å². The van der Waals surface area contributed by atoms with E-state index >= 15 is 0 Å². The Balaban J connectivity index is 1.22. The average molecular weight is 453 g/mol. The molecular formula is C29H28N2O3. The number of carbonyl (C=O) groups excluding carboxylic acids is 2. The van der Waals surface area contributed by atoms with Gasteiger partial charge in [0.1, 0.15) is 0 Å². The van der Waals surface area contributed by atoms with Crippen LogP contribution in [0.3, 0.4) is 0 Å². The number of amides is 2. The molecule has 2 amide bonds. The summed E-state index contributed by atoms with van der Waals surface area (Å²) in [5.74, 6) is 1.41. The first kappa shape index (κ1) is 22.0. The van der Waals surface area contributed by atoms with E-state index in [9.17, 15) is 9.59 Å². The zero-order valence-corrected chi connectivity index (χ0v) is 19.3. The van der Waals surface area contributed by atoms with Gasteiger partial charge in [0.05, 0.1) is 5.69 Å². The van der Waals surface area contributed by atoms with Crippen LogP contribution in [0.2, 0.25) is 0 Å². The molecular weight excluding hydrogens is 424 g/mol. The van der Waals surface area contributed by atoms with E-state index in [1.54, 1.807) is 18.0 Å². The number of likely N-dealkylation sites (tertiary alicyclic amines) is 1. The van der Waals surface area contributed by atoms with Gasteiger partial charge >= 0.3 is 0 Å². The highest BCUT2D eigenvalue weighted by molar-refractivity contribution is 6.09. The zero-order valence-electron chi connectivity index (χ0n) is 19.3. The Morgan fingerprint density at radius 1 is 0.941 bits per heavy atom. The van der Waals surface area contributed by atoms with E-state index in [4.69, 9.17) is 4.74 Å². The maximum atomic E-state index is 13.0. The summed E-state index contributed by atoms with van der Waals surface area (Å²) < 4.78 is 5.84. The van der Waals surface area contributed by atoms with Crippen LogP contribution in [0, 0.1) is 5.92 Å². The number of fused-ring (bicyclic) bond motifs is 1. The van der Waals surface area contributed by atoms with Gasteiger partial charge in [-0.05, 0) is 66.6 Å². The van der Waals surface area contributed by atoms with Crippen LogP contribution in [-0.2, 0) is 11.2 Å². The quantitative estimate of drug-likeness (QED) is 0.513. The zero-order chi connectivity index (χ0) is 23.5. The number of piperidine rings is 1. The molecule has 5 heteroatoms. The fourth-order valence-electron chi connectivity index (χ4n) is 4.69. The van der Waals surface area contributed by atoms with Crippen LogP contribution >= 0.6 is 0 Å². The van der Waals surface area contributed by atoms with Gasteiger partial charge in [0.15, 0.2) is 11.5 Å². The summed E-state index contributed by atoms with van der Waals surface area (Å²) in [5.41, 5.74) is 3.60. The number of para-hydroxylation sites is 2. The van der Waals surface area contributed by atoms with E-state index in [0.717, 1.165) is 43.6 Å². The molecule has 1 saturated heterocycles. The number of hydrogen-bond acceptors (Lipinski definition) is 3. The van der Waals surface area contributed by atoms with Crippen LogP contribution in [-0.4, -0.2) is 36.9 Å². The largest absolute Gasteiger partial charge is 0.449 e. The summed E-state index contributed by atoms with van der Waals surface area (Å²) >= 11 is 0. The first-order valence-corrected chi connectivity index (χ1v) is 11.8. The molecule has 0 radical (unpaired) electrons. The van der Waals surface area contributed by atoms with Crippen molar-refractivity contribution in [2.75, 3.05) is 25.0 Å². The molecule has 0 aromatic heterocycles. The lowest BCUT2D eigenvalue weighted by Gasteiger charge is -2.32. The van der Waals surface area contributed by atoms with Gasteiger partial charge in [-0.1, -0.05) is 54.6 Å². The summed E-state index contributed by atoms with van der Waals surface area (Å²) in [6.45, 7) is 1.58. The predicted octanol–water partition coefficient (Wildman–Crippen LogP) is 5.18. The Labute approximate surface area is 200 Å². The van der Waals surface area contributed by atoms with Crippen LogP contribution in [0.1, 0.15) is 34.3 Å². The molecule has 3 aromatic rings. The molecule has 0 aliphatic carbocycles. The highest BCUT2D eigenvalue weighted by Crippen LogP contribution is 2.34. The van der Waals surface area contributed by atoms with Crippen molar-refractivity contribution in [3.05, 3.63) is 101 Å². The van der Waals surface area contributed by atoms with Crippen molar-refractivity contribution in [2.24, 2.45) is 5.92 Å². The highest BCUT2D eigenvalue weighted by Gasteiger charge is 2.27. The Kier molecular flexibility index (Phi) is 6.17. The molecule has 0 bridgehead atoms. The number of ether oxygens (including phenoxy) is 1. The first-order valence-electron chi connectivity index (χ1n) is 11.8. The van der Waals surface area contributed by atoms with Crippen molar-refractivity contribution in [1.29, 1.82) is 0 Å². The lowest BCUT2D eigenvalue weighted by atomic mass is 9.90. The summed E-state index contributed by atoms with van der Waals surface area (Å²) in [6, 6.07) is 25.4. The van der Waals surface area contributed by atoms with Crippen LogP contribution in [0.25, 0.3) is 6.08 Å². The van der Waals surface area contributed by atoms with Gasteiger partial charge in [0.25, 0.3) is 11.8 Å². The third-order valence-electron chi connectivity index (χ3n) is 6.69. The number of rotatable bonds is 4. The maximum absolute atomic E-state index is 13.0. The standard InChI is InChI=1S/C29H28N2O3/c1-30-25-9-5-6-10-26(25)34-27(29(30)33)20-22-11-13-24(14-12-22)28(32)31-17-15-23(16-18-31)19-21-7-3-2-4-8-21/h2-14,20,23H,15-19H2,1H3/b27-20-. The van der Waals surface area contributed by atoms with Gasteiger partial charge in [0.2, 0.25) is 0 Å². The SMILES string of the molecule is CN1C(=O)/C(=C/c2ccc(C(=O)N3CCC(Cc4ccccc4)CC3)cc2)Oc2ccccc21. The van der Waals surface area contributed by atoms with Gasteiger partial charge in [0, 0.05) is 25.7 Å². The topological polar surface area (TPSA) is 49.9 Å². The molecule has 0 atom stereocenters. The molecule has 2 aliphatic rings. The number of likely N-dealkylation sites (N-methyl/N-ethyl adjacent to an activating group) is 1. The number of benzene rings is 3. The summed E-state index contributed by atoms with van der Waals surface area (Å²) in [4.78, 5) is 29.3. The predicted molar refractivity (Wildman–Crippen MR) is 134 cm³/mol. The number of nitrogens with zero attached hydrogens (tertiary/aromatic N) is 2. The minimum Gasteiger partial charge on any atom is -0.449 e. The second kappa shape index (κ2) is 9.56. The molecule has 3 aromatic carbocycles. The second-order valence-electron chi connectivity index (χ2n) is 8.99. The van der Waals surface area contributed by atoms with Crippen molar-refractivity contribution >= 4 is 23.6 Å². The van der Waals surface area contributed by atoms with Crippen molar-refractivity contribution in [3.8, 4) is 5.75 Å². The van der Waals surface area contributed by atoms with E-state index in [2.05, 4.69) is 24.3 Å². The molecule has 0 unspecified atom stereocenters. The smallest absolute Gasteiger partial charge is 0.293 e. The molecule has 2 aliphatic heterocycles. The summed E-state index contributed by atoms with van der Waals surface area (Å²) in [6.07, 6.45) is 4.85. The second-order valence-corrected chi connectivity index (χ2v) is 8.99. The molecule has 34 heavy (non-hydrogen) atoms. The van der Waals surface area contributed by atoms with E-state index in [0.29, 0.717) is 17.2 Å². The van der Waals surface area contributed by atoms with E-state index < -0.39 is 0 Å². The van der Waals surface area contributed by atoms with Gasteiger partial charge in [-0.15, -0.1) is 0 Å². The molecule has 5 rings (SSSR count). The maximum Gasteiger partial charge on any atom is 0.293 e. The fraction of sp³-hybridized carbons (Fsp3) is 0.241. The molecule has 0 N–H and O–H groups in total. The Morgan fingerprint density at radius 3 is 2.35 bits per heavy atom. The summed E-state index contributed by atoms with van der Waals surface area (Å²) in [5, 5.41) is 0. The molecule has 5 nitrogen and oxygen atoms in total. The van der Waals surface area contributed by atoms with Crippen LogP contribution in [0.4, 0.5) is 5.69 Å². The van der Waals surface area contributed by atoms with E-state index in [-0.39, 0.29) is 17.6 Å². The molecule has 172 valence electrons. The average Bonchev–Trinajstić information content (AvgIpc) is 2.88. The monoisotopic (exact) mass is 452 g/mol. The number of anilines is 1. The first-order chi connectivity index (χ1) is 16.6. The Morgan fingerprint density at radius 2 is 1.62 bits per heavy atom. The highest BCUT2D eigenvalue weighted by atomic mass is 16.5. The van der Waals surface area contributed by atoms with Crippen LogP contribution in [0.15, 0.2) is 84.6 Å². The lowest BCUT2D eigenvalue weighted by molar-refractivity contribution is -0.117. The number of hydrogen-bond donors (Lipinski definition) is 0. The van der Waals surface area contributed by atoms with Crippen molar-refractivity contribution in [1.82, 2.24) is 4.90 Å². The molecule has 1 fully saturated rings. The van der Waals surface area contributed by atoms with Crippen LogP contribution < -0.4 is 9.64 Å². The fourth-order valence-corrected chi connectivity index (χ4v) is 4.69. The van der Waals surface area contributed by atoms with E-state index in [1.807, 2.05) is 59.5 Å². The molecule has 2 heterocycles. The minimum absolute atomic E-state index is 0.0658. The van der Waals surface area contributed by atoms with Gasteiger partial charge in [-0.25, -0.2) is 0 Å². The lowest BCUT2D eigenvalue weighted by Crippen LogP contribution is -2.38. The van der Waals surface area contributed by atoms with Crippen LogP contribution in [0.5, 0.6) is 5.75 Å². The van der Waals surface area contributed by atoms with Gasteiger partial charge < -0.3 is 14.5 Å². The van der Waals surface area contributed by atoms with Gasteiger partial charge in [-0.3, -0.25) is 9.59 Å². The molecule has 0 spiro atoms. The van der Waals surface area contributed by atoms with E-state index in [1.165, 1.54) is 5.56 Å². The Hall–Kier alpha value is -3.86. The minimum atomic E-state index is -0.197.